The lowest BCUT2D eigenvalue weighted by Crippen LogP contribution is -2.43. The Morgan fingerprint density at radius 1 is 1.35 bits per heavy atom. The van der Waals surface area contributed by atoms with Gasteiger partial charge in [0.05, 0.1) is 5.52 Å². The van der Waals surface area contributed by atoms with E-state index in [1.807, 2.05) is 19.1 Å². The summed E-state index contributed by atoms with van der Waals surface area (Å²) in [6, 6.07) is 7.42. The van der Waals surface area contributed by atoms with Gasteiger partial charge in [0.2, 0.25) is 5.91 Å². The zero-order valence-electron chi connectivity index (χ0n) is 14.4. The van der Waals surface area contributed by atoms with Crippen LogP contribution in [0.1, 0.15) is 36.8 Å². The van der Waals surface area contributed by atoms with Crippen LogP contribution in [-0.4, -0.2) is 41.3 Å². The third-order valence-electron chi connectivity index (χ3n) is 4.79. The van der Waals surface area contributed by atoms with E-state index >= 15 is 0 Å². The minimum absolute atomic E-state index is 0.0533. The number of benzene rings is 1. The number of aromatic nitrogens is 1. The van der Waals surface area contributed by atoms with Gasteiger partial charge in [-0.05, 0) is 24.0 Å². The summed E-state index contributed by atoms with van der Waals surface area (Å²) in [6.45, 7) is 2.57. The molecule has 1 aromatic carbocycles. The number of alkyl halides is 3. The highest BCUT2D eigenvalue weighted by molar-refractivity contribution is 5.98. The fraction of sp³-hybridized carbons (Fsp3) is 0.421. The number of carbonyl (C=O) groups excluding carboxylic acids is 1. The molecular formula is C19H20F3N3O. The summed E-state index contributed by atoms with van der Waals surface area (Å²) in [5.41, 5.74) is 2.36. The molecule has 2 heterocycles. The molecule has 1 aromatic heterocycles. The lowest BCUT2D eigenvalue weighted by Gasteiger charge is -2.37. The molecule has 138 valence electrons. The summed E-state index contributed by atoms with van der Waals surface area (Å²) in [5.74, 6) is -0.810. The molecule has 3 rings (SSSR count). The molecular weight excluding hydrogens is 343 g/mol. The first-order valence-corrected chi connectivity index (χ1v) is 8.51. The van der Waals surface area contributed by atoms with Crippen LogP contribution in [0.5, 0.6) is 0 Å². The van der Waals surface area contributed by atoms with Gasteiger partial charge in [0.25, 0.3) is 0 Å². The number of fused-ring (bicyclic) bond motifs is 1. The molecule has 2 aromatic rings. The van der Waals surface area contributed by atoms with Crippen LogP contribution in [0, 0.1) is 11.3 Å². The van der Waals surface area contributed by atoms with Crippen LogP contribution in [0.4, 0.5) is 13.2 Å². The fourth-order valence-electron chi connectivity index (χ4n) is 3.75. The second-order valence-corrected chi connectivity index (χ2v) is 6.92. The Labute approximate surface area is 149 Å². The Hall–Kier alpha value is -2.44. The van der Waals surface area contributed by atoms with Crippen LogP contribution in [0.2, 0.25) is 0 Å². The number of pyridine rings is 1. The van der Waals surface area contributed by atoms with Gasteiger partial charge in [-0.2, -0.15) is 13.2 Å². The smallest absolute Gasteiger partial charge is 0.342 e. The molecule has 7 heteroatoms. The van der Waals surface area contributed by atoms with Crippen molar-refractivity contribution in [1.29, 1.82) is 5.41 Å². The van der Waals surface area contributed by atoms with Crippen molar-refractivity contribution in [2.24, 2.45) is 5.92 Å². The van der Waals surface area contributed by atoms with E-state index in [1.54, 1.807) is 18.3 Å². The lowest BCUT2D eigenvalue weighted by atomic mass is 9.83. The van der Waals surface area contributed by atoms with Gasteiger partial charge in [-0.25, -0.2) is 0 Å². The normalized spacial score (nSPS) is 21.0. The number of hydrogen-bond acceptors (Lipinski definition) is 3. The molecule has 0 aliphatic carbocycles. The number of rotatable bonds is 3. The van der Waals surface area contributed by atoms with E-state index in [2.05, 4.69) is 4.98 Å². The summed E-state index contributed by atoms with van der Waals surface area (Å²) in [7, 11) is 0. The van der Waals surface area contributed by atoms with Gasteiger partial charge in [-0.3, -0.25) is 9.78 Å². The van der Waals surface area contributed by atoms with Crippen molar-refractivity contribution in [2.45, 2.75) is 31.9 Å². The Morgan fingerprint density at radius 2 is 2.12 bits per heavy atom. The molecule has 2 atom stereocenters. The first-order chi connectivity index (χ1) is 12.3. The van der Waals surface area contributed by atoms with E-state index in [1.165, 1.54) is 11.1 Å². The van der Waals surface area contributed by atoms with Gasteiger partial charge < -0.3 is 10.3 Å². The number of carbonyl (C=O) groups is 1. The van der Waals surface area contributed by atoms with E-state index in [9.17, 15) is 18.0 Å². The van der Waals surface area contributed by atoms with Gasteiger partial charge in [-0.1, -0.05) is 25.1 Å². The molecule has 1 N–H and O–H groups in total. The van der Waals surface area contributed by atoms with Crippen molar-refractivity contribution in [3.05, 3.63) is 41.6 Å². The Bertz CT molecular complexity index is 834. The average molecular weight is 363 g/mol. The summed E-state index contributed by atoms with van der Waals surface area (Å²) in [6.07, 6.45) is -2.22. The topological polar surface area (TPSA) is 57.1 Å². The highest BCUT2D eigenvalue weighted by Crippen LogP contribution is 2.35. The van der Waals surface area contributed by atoms with Crippen molar-refractivity contribution < 1.29 is 18.0 Å². The standard InChI is InChI=1S/C19H20F3N3O/c1-12-7-14(11-25(10-12)17(26)8-19(20,21)22)15-5-4-13(9-23)18-16(15)3-2-6-24-18/h2-6,9,12,14,23H,7-8,10-11H2,1H3/t12-,14+/m1/s1. The van der Waals surface area contributed by atoms with Gasteiger partial charge in [0, 0.05) is 42.4 Å². The van der Waals surface area contributed by atoms with Gasteiger partial charge in [0.15, 0.2) is 0 Å². The Morgan fingerprint density at radius 3 is 2.81 bits per heavy atom. The lowest BCUT2D eigenvalue weighted by molar-refractivity contribution is -0.162. The van der Waals surface area contributed by atoms with Crippen molar-refractivity contribution in [1.82, 2.24) is 9.88 Å². The van der Waals surface area contributed by atoms with Crippen molar-refractivity contribution in [2.75, 3.05) is 13.1 Å². The molecule has 1 amide bonds. The summed E-state index contributed by atoms with van der Waals surface area (Å²) < 4.78 is 37.8. The maximum absolute atomic E-state index is 12.6. The zero-order valence-corrected chi connectivity index (χ0v) is 14.4. The number of likely N-dealkylation sites (tertiary alicyclic amines) is 1. The molecule has 4 nitrogen and oxygen atoms in total. The van der Waals surface area contributed by atoms with Crippen molar-refractivity contribution in [3.63, 3.8) is 0 Å². The molecule has 1 saturated heterocycles. The maximum Gasteiger partial charge on any atom is 0.397 e. The van der Waals surface area contributed by atoms with Crippen LogP contribution >= 0.6 is 0 Å². The predicted molar refractivity (Wildman–Crippen MR) is 93.4 cm³/mol. The van der Waals surface area contributed by atoms with E-state index in [0.29, 0.717) is 17.6 Å². The second-order valence-electron chi connectivity index (χ2n) is 6.92. The molecule has 0 spiro atoms. The number of nitrogens with one attached hydrogen (secondary N) is 1. The van der Waals surface area contributed by atoms with Crippen molar-refractivity contribution in [3.8, 4) is 0 Å². The maximum atomic E-state index is 12.6. The SMILES string of the molecule is C[C@@H]1C[C@H](c2ccc(C=N)c3ncccc23)CN(C(=O)CC(F)(F)F)C1. The summed E-state index contributed by atoms with van der Waals surface area (Å²) in [5, 5.41) is 8.41. The molecule has 26 heavy (non-hydrogen) atoms. The van der Waals surface area contributed by atoms with Gasteiger partial charge in [-0.15, -0.1) is 0 Å². The Kier molecular flexibility index (Phi) is 4.98. The molecule has 0 radical (unpaired) electrons. The molecule has 1 aliphatic heterocycles. The molecule has 0 bridgehead atoms. The van der Waals surface area contributed by atoms with E-state index < -0.39 is 18.5 Å². The number of amides is 1. The highest BCUT2D eigenvalue weighted by Gasteiger charge is 2.36. The van der Waals surface area contributed by atoms with E-state index in [-0.39, 0.29) is 18.4 Å². The summed E-state index contributed by atoms with van der Waals surface area (Å²) in [4.78, 5) is 17.7. The van der Waals surface area contributed by atoms with Crippen LogP contribution < -0.4 is 0 Å². The zero-order chi connectivity index (χ0) is 18.9. The van der Waals surface area contributed by atoms with Gasteiger partial charge in [0.1, 0.15) is 6.42 Å². The van der Waals surface area contributed by atoms with Crippen LogP contribution in [0.15, 0.2) is 30.5 Å². The largest absolute Gasteiger partial charge is 0.397 e. The average Bonchev–Trinajstić information content (AvgIpc) is 2.58. The van der Waals surface area contributed by atoms with Crippen LogP contribution in [0.25, 0.3) is 10.9 Å². The number of piperidine rings is 1. The predicted octanol–water partition coefficient (Wildman–Crippen LogP) is 4.14. The summed E-state index contributed by atoms with van der Waals surface area (Å²) >= 11 is 0. The first kappa shape index (κ1) is 18.4. The molecule has 1 aliphatic rings. The van der Waals surface area contributed by atoms with Crippen LogP contribution in [-0.2, 0) is 4.79 Å². The van der Waals surface area contributed by atoms with E-state index in [4.69, 9.17) is 5.41 Å². The third kappa shape index (κ3) is 3.86. The fourth-order valence-corrected chi connectivity index (χ4v) is 3.75. The first-order valence-electron chi connectivity index (χ1n) is 8.51. The van der Waals surface area contributed by atoms with Gasteiger partial charge >= 0.3 is 6.18 Å². The number of nitrogens with zero attached hydrogens (tertiary/aromatic N) is 2. The molecule has 0 unspecified atom stereocenters. The number of hydrogen-bond donors (Lipinski definition) is 1. The van der Waals surface area contributed by atoms with Crippen LogP contribution in [0.3, 0.4) is 0 Å². The second kappa shape index (κ2) is 7.05. The minimum atomic E-state index is -4.49. The third-order valence-corrected chi connectivity index (χ3v) is 4.79. The Balaban J connectivity index is 1.93. The number of halogens is 3. The monoisotopic (exact) mass is 363 g/mol. The minimum Gasteiger partial charge on any atom is -0.342 e. The molecule has 0 saturated carbocycles. The molecule has 1 fully saturated rings. The quantitative estimate of drug-likeness (QED) is 0.834. The van der Waals surface area contributed by atoms with Crippen molar-refractivity contribution >= 4 is 23.0 Å². The van der Waals surface area contributed by atoms with E-state index in [0.717, 1.165) is 17.4 Å². The highest BCUT2D eigenvalue weighted by atomic mass is 19.4.